The molecular formula is C32H29ClN8O5. The van der Waals surface area contributed by atoms with E-state index in [0.717, 1.165) is 58.7 Å². The van der Waals surface area contributed by atoms with E-state index in [1.54, 1.807) is 23.0 Å². The fraction of sp³-hybridized carbons (Fsp3) is 0.344. The molecule has 4 aliphatic rings. The molecule has 0 spiro atoms. The predicted octanol–water partition coefficient (Wildman–Crippen LogP) is 3.18. The highest BCUT2D eigenvalue weighted by molar-refractivity contribution is 6.32. The molecule has 0 unspecified atom stereocenters. The molecule has 46 heavy (non-hydrogen) atoms. The van der Waals surface area contributed by atoms with Gasteiger partial charge in [0.05, 0.1) is 16.1 Å². The zero-order chi connectivity index (χ0) is 31.5. The number of piperazine rings is 1. The van der Waals surface area contributed by atoms with E-state index in [0.29, 0.717) is 42.8 Å². The lowest BCUT2D eigenvalue weighted by Crippen LogP contribution is -2.54. The number of halogens is 1. The maximum absolute atomic E-state index is 13.3. The van der Waals surface area contributed by atoms with Gasteiger partial charge < -0.3 is 14.5 Å². The highest BCUT2D eigenvalue weighted by Gasteiger charge is 2.44. The summed E-state index contributed by atoms with van der Waals surface area (Å²) < 4.78 is 8.03. The van der Waals surface area contributed by atoms with Gasteiger partial charge in [-0.05, 0) is 62.4 Å². The topological polar surface area (TPSA) is 142 Å². The van der Waals surface area contributed by atoms with Crippen molar-refractivity contribution in [3.8, 4) is 11.6 Å². The Balaban J connectivity index is 0.975. The Morgan fingerprint density at radius 3 is 2.28 bits per heavy atom. The Morgan fingerprint density at radius 1 is 0.826 bits per heavy atom. The van der Waals surface area contributed by atoms with Gasteiger partial charge in [0.1, 0.15) is 18.1 Å². The summed E-state index contributed by atoms with van der Waals surface area (Å²) in [7, 11) is 0. The van der Waals surface area contributed by atoms with E-state index in [1.165, 1.54) is 0 Å². The molecule has 2 saturated heterocycles. The molecule has 4 aromatic rings. The van der Waals surface area contributed by atoms with Gasteiger partial charge in [0.15, 0.2) is 5.65 Å². The fourth-order valence-corrected chi connectivity index (χ4v) is 7.04. The third-order valence-electron chi connectivity index (χ3n) is 9.28. The molecule has 2 fully saturated rings. The van der Waals surface area contributed by atoms with Crippen molar-refractivity contribution >= 4 is 52.3 Å². The first-order chi connectivity index (χ1) is 22.4. The number of fused-ring (bicyclic) bond motifs is 4. The van der Waals surface area contributed by atoms with E-state index in [1.807, 2.05) is 24.3 Å². The first-order valence-corrected chi connectivity index (χ1v) is 15.8. The van der Waals surface area contributed by atoms with E-state index < -0.39 is 29.7 Å². The summed E-state index contributed by atoms with van der Waals surface area (Å²) >= 11 is 6.61. The molecule has 1 atom stereocenters. The third kappa shape index (κ3) is 4.73. The quantitative estimate of drug-likeness (QED) is 0.323. The van der Waals surface area contributed by atoms with Gasteiger partial charge in [-0.3, -0.25) is 29.4 Å². The fourth-order valence-electron chi connectivity index (χ4n) is 6.88. The SMILES string of the molecule is O=C1CC[C@@H](N2C(=O)c3ccc(N4CCN(c5ccc(Cl)c(Oc6nn7cnnc7c7c6CCCC7)c5)CC4)cc3C2=O)C(=O)N1. The second-order valence-electron chi connectivity index (χ2n) is 11.9. The maximum Gasteiger partial charge on any atom is 0.262 e. The number of imide groups is 2. The predicted molar refractivity (Wildman–Crippen MR) is 166 cm³/mol. The van der Waals surface area contributed by atoms with Crippen LogP contribution in [0.2, 0.25) is 5.02 Å². The van der Waals surface area contributed by atoms with Crippen molar-refractivity contribution in [2.75, 3.05) is 36.0 Å². The number of carbonyl (C=O) groups is 4. The number of piperidine rings is 1. The number of rotatable bonds is 5. The van der Waals surface area contributed by atoms with Crippen molar-refractivity contribution in [2.45, 2.75) is 44.6 Å². The minimum Gasteiger partial charge on any atom is -0.436 e. The summed E-state index contributed by atoms with van der Waals surface area (Å²) in [5.74, 6) is -0.998. The molecule has 1 aliphatic carbocycles. The van der Waals surface area contributed by atoms with E-state index in [4.69, 9.17) is 16.3 Å². The molecule has 13 nitrogen and oxygen atoms in total. The van der Waals surface area contributed by atoms with Gasteiger partial charge in [0.25, 0.3) is 11.8 Å². The Hall–Kier alpha value is -5.04. The van der Waals surface area contributed by atoms with Crippen LogP contribution in [-0.4, -0.2) is 80.6 Å². The highest BCUT2D eigenvalue weighted by atomic mass is 35.5. The average Bonchev–Trinajstić information content (AvgIpc) is 3.64. The monoisotopic (exact) mass is 640 g/mol. The smallest absolute Gasteiger partial charge is 0.262 e. The number of aryl methyl sites for hydroxylation is 1. The largest absolute Gasteiger partial charge is 0.436 e. The van der Waals surface area contributed by atoms with E-state index in [2.05, 4.69) is 30.4 Å². The van der Waals surface area contributed by atoms with Crippen LogP contribution < -0.4 is 19.9 Å². The summed E-state index contributed by atoms with van der Waals surface area (Å²) in [6.45, 7) is 2.76. The molecule has 4 amide bonds. The van der Waals surface area contributed by atoms with Crippen LogP contribution in [0.1, 0.15) is 57.5 Å². The average molecular weight is 641 g/mol. The summed E-state index contributed by atoms with van der Waals surface area (Å²) in [5.41, 5.74) is 5.28. The van der Waals surface area contributed by atoms with Gasteiger partial charge in [-0.15, -0.1) is 15.3 Å². The molecule has 8 rings (SSSR count). The normalized spacial score (nSPS) is 19.8. The number of nitrogens with one attached hydrogen (secondary N) is 1. The molecule has 3 aliphatic heterocycles. The van der Waals surface area contributed by atoms with Gasteiger partial charge >= 0.3 is 0 Å². The molecule has 5 heterocycles. The van der Waals surface area contributed by atoms with Gasteiger partial charge in [-0.2, -0.15) is 4.52 Å². The number of amides is 4. The van der Waals surface area contributed by atoms with Crippen molar-refractivity contribution in [1.29, 1.82) is 0 Å². The van der Waals surface area contributed by atoms with Crippen molar-refractivity contribution in [2.24, 2.45) is 0 Å². The van der Waals surface area contributed by atoms with E-state index in [9.17, 15) is 19.2 Å². The lowest BCUT2D eigenvalue weighted by Gasteiger charge is -2.37. The number of hydrogen-bond donors (Lipinski definition) is 1. The second kappa shape index (κ2) is 11.1. The van der Waals surface area contributed by atoms with E-state index in [-0.39, 0.29) is 24.0 Å². The molecule has 2 aromatic heterocycles. The number of carbonyl (C=O) groups excluding carboxylic acids is 4. The lowest BCUT2D eigenvalue weighted by atomic mass is 9.93. The number of benzene rings is 2. The van der Waals surface area contributed by atoms with Crippen LogP contribution >= 0.6 is 11.6 Å². The first kappa shape index (κ1) is 28.4. The van der Waals surface area contributed by atoms with Crippen LogP contribution in [0.3, 0.4) is 0 Å². The summed E-state index contributed by atoms with van der Waals surface area (Å²) in [6.07, 6.45) is 5.69. The summed E-state index contributed by atoms with van der Waals surface area (Å²) in [5, 5.41) is 15.7. The van der Waals surface area contributed by atoms with Crippen LogP contribution in [0.25, 0.3) is 5.65 Å². The van der Waals surface area contributed by atoms with Crippen LogP contribution in [-0.2, 0) is 22.4 Å². The number of ether oxygens (including phenoxy) is 1. The summed E-state index contributed by atoms with van der Waals surface area (Å²) in [4.78, 5) is 55.8. The number of nitrogens with zero attached hydrogens (tertiary/aromatic N) is 7. The Kier molecular flexibility index (Phi) is 6.85. The minimum atomic E-state index is -0.989. The van der Waals surface area contributed by atoms with Crippen LogP contribution in [0.15, 0.2) is 42.7 Å². The van der Waals surface area contributed by atoms with E-state index >= 15 is 0 Å². The molecule has 1 N–H and O–H groups in total. The number of aromatic nitrogens is 4. The first-order valence-electron chi connectivity index (χ1n) is 15.4. The number of hydrogen-bond acceptors (Lipinski definition) is 10. The summed E-state index contributed by atoms with van der Waals surface area (Å²) in [6, 6.07) is 9.97. The standard InChI is InChI=1S/C32H29ClN8O5/c33-24-8-6-19(16-26(24)46-30-21-4-2-1-3-20(21)28-36-34-17-40(28)37-30)39-13-11-38(12-14-39)18-5-7-22-23(15-18)32(45)41(31(22)44)25-9-10-27(42)35-29(25)43/h5-8,15-17,25H,1-4,9-14H2,(H,35,42,43)/t25-/m1/s1. The maximum atomic E-state index is 13.3. The van der Waals surface area contributed by atoms with Gasteiger partial charge in [0.2, 0.25) is 17.7 Å². The molecule has 2 aromatic carbocycles. The van der Waals surface area contributed by atoms with Crippen molar-refractivity contribution in [1.82, 2.24) is 30.0 Å². The highest BCUT2D eigenvalue weighted by Crippen LogP contribution is 2.38. The molecule has 0 bridgehead atoms. The Labute approximate surface area is 268 Å². The van der Waals surface area contributed by atoms with Crippen LogP contribution in [0, 0.1) is 0 Å². The van der Waals surface area contributed by atoms with Crippen LogP contribution in [0.5, 0.6) is 11.6 Å². The zero-order valence-corrected chi connectivity index (χ0v) is 25.5. The second-order valence-corrected chi connectivity index (χ2v) is 12.3. The zero-order valence-electron chi connectivity index (χ0n) is 24.7. The molecule has 14 heteroatoms. The molecule has 0 saturated carbocycles. The van der Waals surface area contributed by atoms with Gasteiger partial charge in [-0.1, -0.05) is 11.6 Å². The van der Waals surface area contributed by atoms with Crippen molar-refractivity contribution in [3.63, 3.8) is 0 Å². The molecule has 234 valence electrons. The van der Waals surface area contributed by atoms with Crippen molar-refractivity contribution < 1.29 is 23.9 Å². The third-order valence-corrected chi connectivity index (χ3v) is 9.59. The van der Waals surface area contributed by atoms with Gasteiger partial charge in [0, 0.05) is 61.2 Å². The van der Waals surface area contributed by atoms with Gasteiger partial charge in [-0.25, -0.2) is 0 Å². The van der Waals surface area contributed by atoms with Crippen molar-refractivity contribution in [3.05, 3.63) is 70.0 Å². The minimum absolute atomic E-state index is 0.0818. The van der Waals surface area contributed by atoms with Crippen LogP contribution in [0.4, 0.5) is 11.4 Å². The molecule has 0 radical (unpaired) electrons. The Bertz CT molecular complexity index is 1950. The lowest BCUT2D eigenvalue weighted by molar-refractivity contribution is -0.136. The molecular weight excluding hydrogens is 612 g/mol. The number of anilines is 2. The Morgan fingerprint density at radius 2 is 1.52 bits per heavy atom.